The van der Waals surface area contributed by atoms with Gasteiger partial charge in [0.15, 0.2) is 9.84 Å². The van der Waals surface area contributed by atoms with E-state index in [2.05, 4.69) is 10.6 Å². The molecule has 0 bridgehead atoms. The Morgan fingerprint density at radius 1 is 0.946 bits per heavy atom. The number of carbonyl (C=O) groups is 2. The summed E-state index contributed by atoms with van der Waals surface area (Å²) in [6.45, 7) is 0.399. The maximum atomic E-state index is 13.2. The molecule has 0 saturated carbocycles. The number of nitrogens with one attached hydrogen (secondary N) is 2. The number of benzene rings is 3. The predicted octanol–water partition coefficient (Wildman–Crippen LogP) is 4.16. The summed E-state index contributed by atoms with van der Waals surface area (Å²) in [5.74, 6) is -0.420. The summed E-state index contributed by atoms with van der Waals surface area (Å²) in [7, 11) is 1.98. The molecule has 9 heteroatoms. The largest absolute Gasteiger partial charge is 0.377 e. The van der Waals surface area contributed by atoms with Gasteiger partial charge in [0.1, 0.15) is 5.78 Å². The predicted molar refractivity (Wildman–Crippen MR) is 154 cm³/mol. The van der Waals surface area contributed by atoms with Crippen LogP contribution >= 0.6 is 11.8 Å². The molecule has 0 aliphatic heterocycles. The number of likely N-dealkylation sites (N-methyl/N-ethyl adjacent to an activating group) is 1. The van der Waals surface area contributed by atoms with Crippen LogP contribution in [0.5, 0.6) is 0 Å². The van der Waals surface area contributed by atoms with Crippen molar-refractivity contribution in [1.82, 2.24) is 10.6 Å². The minimum absolute atomic E-state index is 0. The maximum Gasteiger partial charge on any atom is 0.233 e. The quantitative estimate of drug-likeness (QED) is 0.247. The molecule has 3 aromatic carbocycles. The Morgan fingerprint density at radius 3 is 2.30 bits per heavy atom. The van der Waals surface area contributed by atoms with Gasteiger partial charge in [0.05, 0.1) is 22.4 Å². The maximum absolute atomic E-state index is 13.2. The van der Waals surface area contributed by atoms with Crippen molar-refractivity contribution >= 4 is 49.7 Å². The van der Waals surface area contributed by atoms with Crippen LogP contribution in [0.4, 0.5) is 5.69 Å². The van der Waals surface area contributed by atoms with Crippen molar-refractivity contribution in [3.05, 3.63) is 66.7 Å². The topological polar surface area (TPSA) is 95.6 Å². The van der Waals surface area contributed by atoms with Crippen LogP contribution in [0.1, 0.15) is 20.3 Å². The van der Waals surface area contributed by atoms with E-state index in [0.717, 1.165) is 16.0 Å². The van der Waals surface area contributed by atoms with Gasteiger partial charge < -0.3 is 15.5 Å². The fraction of sp³-hybridized carbons (Fsp3) is 0.357. The first-order chi connectivity index (χ1) is 17.2. The Labute approximate surface area is 224 Å². The van der Waals surface area contributed by atoms with Gasteiger partial charge in [0.25, 0.3) is 0 Å². The molecule has 0 aromatic heterocycles. The Balaban J connectivity index is 0.00000481. The third-order valence-corrected chi connectivity index (χ3v) is 8.73. The first kappa shape index (κ1) is 30.3. The molecule has 1 unspecified atom stereocenters. The van der Waals surface area contributed by atoms with E-state index in [1.807, 2.05) is 73.6 Å². The number of amides is 1. The highest BCUT2D eigenvalue weighted by Gasteiger charge is 2.23. The lowest BCUT2D eigenvalue weighted by Crippen LogP contribution is -2.36. The number of Topliss-reactive ketones (excluding diaryl/α,β-unsaturated/α-hetero) is 1. The second kappa shape index (κ2) is 14.2. The molecule has 0 aliphatic carbocycles. The lowest BCUT2D eigenvalue weighted by Gasteiger charge is -2.17. The second-order valence-electron chi connectivity index (χ2n) is 8.68. The van der Waals surface area contributed by atoms with Crippen LogP contribution in [0.3, 0.4) is 0 Å². The normalized spacial score (nSPS) is 12.0. The lowest BCUT2D eigenvalue weighted by atomic mass is 10.1. The molecule has 0 radical (unpaired) electrons. The summed E-state index contributed by atoms with van der Waals surface area (Å²) in [6, 6.07) is 20.4. The van der Waals surface area contributed by atoms with Crippen LogP contribution in [0.25, 0.3) is 10.8 Å². The van der Waals surface area contributed by atoms with E-state index < -0.39 is 15.1 Å². The molecule has 200 valence electrons. The SMILES string of the molecule is C.CNCC(=O)CC(Sc1ccccc1)C(=O)NCCCS(=O)(=O)c1cccc2c(N(C)C)cccc12. The fourth-order valence-electron chi connectivity index (χ4n) is 3.95. The Kier molecular flexibility index (Phi) is 11.6. The zero-order chi connectivity index (χ0) is 26.1. The number of hydrogen-bond donors (Lipinski definition) is 2. The molecule has 0 aliphatic rings. The van der Waals surface area contributed by atoms with Crippen LogP contribution in [0.2, 0.25) is 0 Å². The highest BCUT2D eigenvalue weighted by Crippen LogP contribution is 2.31. The Morgan fingerprint density at radius 2 is 1.62 bits per heavy atom. The molecule has 0 heterocycles. The van der Waals surface area contributed by atoms with Gasteiger partial charge in [-0.05, 0) is 37.7 Å². The first-order valence-corrected chi connectivity index (χ1v) is 14.3. The van der Waals surface area contributed by atoms with Gasteiger partial charge in [-0.1, -0.05) is 49.9 Å². The van der Waals surface area contributed by atoms with Crippen molar-refractivity contribution in [3.8, 4) is 0 Å². The first-order valence-electron chi connectivity index (χ1n) is 11.8. The summed E-state index contributed by atoms with van der Waals surface area (Å²) in [6.07, 6.45) is 0.361. The minimum Gasteiger partial charge on any atom is -0.377 e. The lowest BCUT2D eigenvalue weighted by molar-refractivity contribution is -0.124. The van der Waals surface area contributed by atoms with E-state index >= 15 is 0 Å². The fourth-order valence-corrected chi connectivity index (χ4v) is 6.60. The summed E-state index contributed by atoms with van der Waals surface area (Å²) in [4.78, 5) is 28.2. The summed E-state index contributed by atoms with van der Waals surface area (Å²) < 4.78 is 26.4. The number of carbonyl (C=O) groups excluding carboxylic acids is 2. The second-order valence-corrected chi connectivity index (χ2v) is 12.0. The summed E-state index contributed by atoms with van der Waals surface area (Å²) >= 11 is 1.33. The molecule has 37 heavy (non-hydrogen) atoms. The smallest absolute Gasteiger partial charge is 0.233 e. The standard InChI is InChI=1S/C27H33N3O4S2.CH4/c1-28-19-20(31)18-25(35-21-10-5-4-6-11-21)27(32)29-16-9-17-36(33,34)26-15-8-12-22-23(26)13-7-14-24(22)30(2)3;/h4-8,10-15,25,28H,9,16-19H2,1-3H3,(H,29,32);1H4. The highest BCUT2D eigenvalue weighted by molar-refractivity contribution is 8.00. The monoisotopic (exact) mass is 543 g/mol. The Hall–Kier alpha value is -2.88. The number of sulfone groups is 1. The van der Waals surface area contributed by atoms with Gasteiger partial charge >= 0.3 is 0 Å². The average Bonchev–Trinajstić information content (AvgIpc) is 2.86. The minimum atomic E-state index is -3.56. The number of thioether (sulfide) groups is 1. The van der Waals surface area contributed by atoms with Crippen LogP contribution < -0.4 is 15.5 Å². The Bertz CT molecular complexity index is 1300. The van der Waals surface area contributed by atoms with Gasteiger partial charge in [0.2, 0.25) is 5.91 Å². The molecular weight excluding hydrogens is 506 g/mol. The highest BCUT2D eigenvalue weighted by atomic mass is 32.2. The van der Waals surface area contributed by atoms with Crippen molar-refractivity contribution in [2.45, 2.75) is 35.3 Å². The molecule has 3 aromatic rings. The average molecular weight is 544 g/mol. The number of rotatable bonds is 13. The molecular formula is C28H37N3O4S2. The zero-order valence-corrected chi connectivity index (χ0v) is 22.5. The van der Waals surface area contributed by atoms with Crippen molar-refractivity contribution in [2.75, 3.05) is 44.9 Å². The van der Waals surface area contributed by atoms with Crippen molar-refractivity contribution in [3.63, 3.8) is 0 Å². The number of hydrogen-bond acceptors (Lipinski definition) is 7. The zero-order valence-electron chi connectivity index (χ0n) is 20.9. The van der Waals surface area contributed by atoms with E-state index in [9.17, 15) is 18.0 Å². The van der Waals surface area contributed by atoms with Crippen LogP contribution in [-0.4, -0.2) is 65.3 Å². The number of nitrogens with zero attached hydrogens (tertiary/aromatic N) is 1. The van der Waals surface area contributed by atoms with Crippen molar-refractivity contribution < 1.29 is 18.0 Å². The third kappa shape index (κ3) is 8.31. The number of ketones is 1. The van der Waals surface area contributed by atoms with Gasteiger partial charge in [-0.25, -0.2) is 8.42 Å². The molecule has 2 N–H and O–H groups in total. The third-order valence-electron chi connectivity index (χ3n) is 5.67. The summed E-state index contributed by atoms with van der Waals surface area (Å²) in [5, 5.41) is 6.63. The van der Waals surface area contributed by atoms with E-state index in [1.165, 1.54) is 11.8 Å². The molecule has 7 nitrogen and oxygen atoms in total. The molecule has 1 atom stereocenters. The van der Waals surface area contributed by atoms with Crippen molar-refractivity contribution in [1.29, 1.82) is 0 Å². The van der Waals surface area contributed by atoms with Gasteiger partial charge in [0, 0.05) is 48.4 Å². The molecule has 0 saturated heterocycles. The van der Waals surface area contributed by atoms with Gasteiger partial charge in [-0.3, -0.25) is 9.59 Å². The van der Waals surface area contributed by atoms with Crippen LogP contribution in [0, 0.1) is 0 Å². The van der Waals surface area contributed by atoms with E-state index in [-0.39, 0.29) is 50.8 Å². The van der Waals surface area contributed by atoms with Gasteiger partial charge in [-0.15, -0.1) is 11.8 Å². The van der Waals surface area contributed by atoms with Gasteiger partial charge in [-0.2, -0.15) is 0 Å². The van der Waals surface area contributed by atoms with E-state index in [4.69, 9.17) is 0 Å². The molecule has 3 rings (SSSR count). The van der Waals surface area contributed by atoms with E-state index in [0.29, 0.717) is 10.3 Å². The molecule has 1 amide bonds. The van der Waals surface area contributed by atoms with Crippen LogP contribution in [-0.2, 0) is 19.4 Å². The molecule has 0 spiro atoms. The van der Waals surface area contributed by atoms with Crippen LogP contribution in [0.15, 0.2) is 76.5 Å². The van der Waals surface area contributed by atoms with E-state index in [1.54, 1.807) is 19.2 Å². The van der Waals surface area contributed by atoms with Crippen molar-refractivity contribution in [2.24, 2.45) is 0 Å². The number of fused-ring (bicyclic) bond motifs is 1. The summed E-state index contributed by atoms with van der Waals surface area (Å²) in [5.41, 5.74) is 0.951. The number of anilines is 1. The molecule has 0 fully saturated rings.